The monoisotopic (exact) mass is 216 g/mol. The number of hydrogen-bond donors (Lipinski definition) is 2. The van der Waals surface area contributed by atoms with Crippen LogP contribution in [0.4, 0.5) is 5.69 Å². The fraction of sp³-hybridized carbons (Fsp3) is 0.154. The van der Waals surface area contributed by atoms with Gasteiger partial charge in [-0.05, 0) is 18.6 Å². The molecule has 0 aliphatic carbocycles. The lowest BCUT2D eigenvalue weighted by Gasteiger charge is -2.05. The second-order valence-corrected chi connectivity index (χ2v) is 3.30. The van der Waals surface area contributed by atoms with E-state index in [0.717, 1.165) is 5.56 Å². The van der Waals surface area contributed by atoms with Crippen molar-refractivity contribution in [2.24, 2.45) is 0 Å². The van der Waals surface area contributed by atoms with Crippen LogP contribution in [0, 0.1) is 0 Å². The van der Waals surface area contributed by atoms with E-state index in [0.29, 0.717) is 12.2 Å². The largest absolute Gasteiger partial charge is 0.398 e. The van der Waals surface area contributed by atoms with Crippen LogP contribution in [-0.4, -0.2) is 5.91 Å². The summed E-state index contributed by atoms with van der Waals surface area (Å²) >= 11 is 0. The Morgan fingerprint density at radius 1 is 1.38 bits per heavy atom. The van der Waals surface area contributed by atoms with Crippen LogP contribution < -0.4 is 11.1 Å². The molecule has 0 heterocycles. The average molecular weight is 216 g/mol. The number of carbonyl (C=O) groups excluding carboxylic acids is 1. The molecule has 16 heavy (non-hydrogen) atoms. The van der Waals surface area contributed by atoms with Crippen LogP contribution >= 0.6 is 0 Å². The number of nitrogens with one attached hydrogen (secondary N) is 1. The van der Waals surface area contributed by atoms with Crippen molar-refractivity contribution in [2.75, 3.05) is 5.73 Å². The minimum Gasteiger partial charge on any atom is -0.398 e. The van der Waals surface area contributed by atoms with E-state index >= 15 is 0 Å². The number of carbonyl (C=O) groups is 1. The van der Waals surface area contributed by atoms with Crippen LogP contribution in [0.2, 0.25) is 0 Å². The zero-order valence-corrected chi connectivity index (χ0v) is 9.31. The van der Waals surface area contributed by atoms with Gasteiger partial charge >= 0.3 is 0 Å². The first-order valence-corrected chi connectivity index (χ1v) is 5.14. The van der Waals surface area contributed by atoms with Crippen LogP contribution in [0.5, 0.6) is 0 Å². The Balaban J connectivity index is 2.46. The van der Waals surface area contributed by atoms with Gasteiger partial charge in [-0.3, -0.25) is 4.79 Å². The highest BCUT2D eigenvalue weighted by molar-refractivity contribution is 5.87. The van der Waals surface area contributed by atoms with Gasteiger partial charge in [0.2, 0.25) is 5.91 Å². The maximum absolute atomic E-state index is 11.3. The molecular weight excluding hydrogens is 200 g/mol. The molecule has 0 bridgehead atoms. The van der Waals surface area contributed by atoms with E-state index in [9.17, 15) is 4.79 Å². The standard InChI is InChI=1S/C13H16N2O/c1-2-3-4-9-13(16)15-10-11-7-5-6-8-12(11)14/h2-9H,10,14H2,1H3,(H,15,16)/b3-2+,9-4+. The number of nitrogens with two attached hydrogens (primary N) is 1. The van der Waals surface area contributed by atoms with Crippen molar-refractivity contribution in [3.8, 4) is 0 Å². The molecule has 0 fully saturated rings. The average Bonchev–Trinajstić information content (AvgIpc) is 2.28. The maximum Gasteiger partial charge on any atom is 0.244 e. The van der Waals surface area contributed by atoms with E-state index in [-0.39, 0.29) is 5.91 Å². The first kappa shape index (κ1) is 12.0. The fourth-order valence-corrected chi connectivity index (χ4v) is 1.19. The van der Waals surface area contributed by atoms with Gasteiger partial charge in [-0.1, -0.05) is 36.4 Å². The van der Waals surface area contributed by atoms with Crippen molar-refractivity contribution < 1.29 is 4.79 Å². The van der Waals surface area contributed by atoms with Crippen molar-refractivity contribution in [2.45, 2.75) is 13.5 Å². The Morgan fingerprint density at radius 2 is 2.12 bits per heavy atom. The van der Waals surface area contributed by atoms with Crippen molar-refractivity contribution >= 4 is 11.6 Å². The molecule has 3 N–H and O–H groups in total. The smallest absolute Gasteiger partial charge is 0.244 e. The Morgan fingerprint density at radius 3 is 2.81 bits per heavy atom. The molecule has 0 unspecified atom stereocenters. The first-order chi connectivity index (χ1) is 7.74. The van der Waals surface area contributed by atoms with Gasteiger partial charge in [-0.2, -0.15) is 0 Å². The lowest BCUT2D eigenvalue weighted by molar-refractivity contribution is -0.116. The number of benzene rings is 1. The number of nitrogen functional groups attached to an aromatic ring is 1. The molecule has 0 saturated carbocycles. The molecule has 0 aliphatic rings. The van der Waals surface area contributed by atoms with Gasteiger partial charge in [0, 0.05) is 18.3 Å². The Bertz CT molecular complexity index is 408. The molecule has 1 rings (SSSR count). The van der Waals surface area contributed by atoms with Crippen molar-refractivity contribution in [3.63, 3.8) is 0 Å². The second-order valence-electron chi connectivity index (χ2n) is 3.30. The van der Waals surface area contributed by atoms with Gasteiger partial charge in [0.1, 0.15) is 0 Å². The normalized spacial score (nSPS) is 11.1. The summed E-state index contributed by atoms with van der Waals surface area (Å²) < 4.78 is 0. The predicted octanol–water partition coefficient (Wildman–Crippen LogP) is 2.02. The Labute approximate surface area is 95.7 Å². The SMILES string of the molecule is C/C=C/C=C/C(=O)NCc1ccccc1N. The van der Waals surface area contributed by atoms with Gasteiger partial charge in [0.05, 0.1) is 0 Å². The molecule has 1 amide bonds. The van der Waals surface area contributed by atoms with Crippen LogP contribution in [-0.2, 0) is 11.3 Å². The molecule has 0 atom stereocenters. The summed E-state index contributed by atoms with van der Waals surface area (Å²) in [6.07, 6.45) is 6.85. The highest BCUT2D eigenvalue weighted by Gasteiger charge is 1.98. The molecule has 0 radical (unpaired) electrons. The highest BCUT2D eigenvalue weighted by atomic mass is 16.1. The number of hydrogen-bond acceptors (Lipinski definition) is 2. The highest BCUT2D eigenvalue weighted by Crippen LogP contribution is 2.09. The number of rotatable bonds is 4. The molecule has 1 aromatic rings. The molecule has 84 valence electrons. The van der Waals surface area contributed by atoms with Crippen LogP contribution in [0.3, 0.4) is 0 Å². The predicted molar refractivity (Wildman–Crippen MR) is 66.7 cm³/mol. The number of amides is 1. The minimum absolute atomic E-state index is 0.124. The summed E-state index contributed by atoms with van der Waals surface area (Å²) in [7, 11) is 0. The number of anilines is 1. The van der Waals surface area contributed by atoms with Gasteiger partial charge in [0.15, 0.2) is 0 Å². The van der Waals surface area contributed by atoms with Gasteiger partial charge < -0.3 is 11.1 Å². The molecule has 0 spiro atoms. The van der Waals surface area contributed by atoms with E-state index in [1.54, 1.807) is 12.2 Å². The summed E-state index contributed by atoms with van der Waals surface area (Å²) in [5, 5.41) is 2.76. The molecule has 0 aromatic heterocycles. The van der Waals surface area contributed by atoms with E-state index in [1.165, 1.54) is 6.08 Å². The van der Waals surface area contributed by atoms with Gasteiger partial charge in [-0.25, -0.2) is 0 Å². The summed E-state index contributed by atoms with van der Waals surface area (Å²) in [5.41, 5.74) is 7.37. The Hall–Kier alpha value is -2.03. The lowest BCUT2D eigenvalue weighted by atomic mass is 10.2. The summed E-state index contributed by atoms with van der Waals surface area (Å²) in [4.78, 5) is 11.3. The first-order valence-electron chi connectivity index (χ1n) is 5.14. The van der Waals surface area contributed by atoms with Crippen LogP contribution in [0.25, 0.3) is 0 Å². The molecule has 3 nitrogen and oxygen atoms in total. The van der Waals surface area contributed by atoms with Crippen molar-refractivity contribution in [1.29, 1.82) is 0 Å². The zero-order valence-electron chi connectivity index (χ0n) is 9.31. The molecule has 3 heteroatoms. The van der Waals surface area contributed by atoms with Gasteiger partial charge in [0.25, 0.3) is 0 Å². The Kier molecular flexibility index (Phi) is 4.86. The number of allylic oxidation sites excluding steroid dienone is 3. The zero-order chi connectivity index (χ0) is 11.8. The molecular formula is C13H16N2O. The molecule has 0 aliphatic heterocycles. The summed E-state index contributed by atoms with van der Waals surface area (Å²) in [5.74, 6) is -0.124. The maximum atomic E-state index is 11.3. The molecule has 1 aromatic carbocycles. The number of para-hydroxylation sites is 1. The van der Waals surface area contributed by atoms with E-state index in [4.69, 9.17) is 5.73 Å². The van der Waals surface area contributed by atoms with Crippen LogP contribution in [0.15, 0.2) is 48.6 Å². The van der Waals surface area contributed by atoms with E-state index < -0.39 is 0 Å². The third kappa shape index (κ3) is 4.00. The van der Waals surface area contributed by atoms with E-state index in [2.05, 4.69) is 5.32 Å². The third-order valence-electron chi connectivity index (χ3n) is 2.06. The van der Waals surface area contributed by atoms with Crippen LogP contribution in [0.1, 0.15) is 12.5 Å². The summed E-state index contributed by atoms with van der Waals surface area (Å²) in [6.45, 7) is 2.35. The van der Waals surface area contributed by atoms with Gasteiger partial charge in [-0.15, -0.1) is 0 Å². The van der Waals surface area contributed by atoms with E-state index in [1.807, 2.05) is 37.3 Å². The van der Waals surface area contributed by atoms with Crippen molar-refractivity contribution in [3.05, 3.63) is 54.1 Å². The quantitative estimate of drug-likeness (QED) is 0.459. The second kappa shape index (κ2) is 6.45. The molecule has 0 saturated heterocycles. The summed E-state index contributed by atoms with van der Waals surface area (Å²) in [6, 6.07) is 7.47. The fourth-order valence-electron chi connectivity index (χ4n) is 1.19. The van der Waals surface area contributed by atoms with Crippen molar-refractivity contribution in [1.82, 2.24) is 5.32 Å². The third-order valence-corrected chi connectivity index (χ3v) is 2.06. The minimum atomic E-state index is -0.124. The topological polar surface area (TPSA) is 55.1 Å². The lowest BCUT2D eigenvalue weighted by Crippen LogP contribution is -2.20.